The molecule has 0 saturated carbocycles. The Morgan fingerprint density at radius 3 is 2.38 bits per heavy atom. The number of hydrogen-bond acceptors (Lipinski definition) is 6. The molecular formula is C23H34N4O6S. The minimum atomic E-state index is -1.81. The molecule has 188 valence electrons. The highest BCUT2D eigenvalue weighted by atomic mass is 32.2. The van der Waals surface area contributed by atoms with Gasteiger partial charge in [-0.3, -0.25) is 9.59 Å². The average Bonchev–Trinajstić information content (AvgIpc) is 3.31. The second-order valence-electron chi connectivity index (χ2n) is 8.60. The fourth-order valence-corrected chi connectivity index (χ4v) is 4.68. The number of amides is 4. The van der Waals surface area contributed by atoms with Crippen LogP contribution in [0.15, 0.2) is 30.3 Å². The summed E-state index contributed by atoms with van der Waals surface area (Å²) in [6.45, 7) is 5.92. The molecule has 0 bridgehead atoms. The molecule has 0 aromatic heterocycles. The summed E-state index contributed by atoms with van der Waals surface area (Å²) in [6, 6.07) is 5.81. The van der Waals surface area contributed by atoms with Crippen molar-refractivity contribution >= 4 is 35.6 Å². The highest BCUT2D eigenvalue weighted by Gasteiger charge is 2.40. The molecule has 1 fully saturated rings. The molecule has 1 saturated heterocycles. The molecule has 1 aromatic rings. The lowest BCUT2D eigenvalue weighted by atomic mass is 10.00. The minimum absolute atomic E-state index is 0.113. The summed E-state index contributed by atoms with van der Waals surface area (Å²) in [6.07, 6.45) is -1.70. The topological polar surface area (TPSA) is 139 Å². The van der Waals surface area contributed by atoms with Crippen LogP contribution >= 0.6 is 11.8 Å². The molecule has 4 amide bonds. The Balaban J connectivity index is 2.17. The van der Waals surface area contributed by atoms with Gasteiger partial charge in [0.1, 0.15) is 12.1 Å². The van der Waals surface area contributed by atoms with E-state index in [0.29, 0.717) is 12.3 Å². The van der Waals surface area contributed by atoms with Gasteiger partial charge >= 0.3 is 12.0 Å². The Bertz CT molecular complexity index is 868. The van der Waals surface area contributed by atoms with Crippen LogP contribution in [0.5, 0.6) is 0 Å². The molecule has 0 spiro atoms. The molecule has 11 heteroatoms. The summed E-state index contributed by atoms with van der Waals surface area (Å²) >= 11 is 1.39. The van der Waals surface area contributed by atoms with E-state index in [4.69, 9.17) is 0 Å². The zero-order valence-corrected chi connectivity index (χ0v) is 20.7. The van der Waals surface area contributed by atoms with Crippen LogP contribution in [0.1, 0.15) is 26.3 Å². The van der Waals surface area contributed by atoms with Gasteiger partial charge in [0, 0.05) is 19.3 Å². The zero-order chi connectivity index (χ0) is 25.4. The third-order valence-electron chi connectivity index (χ3n) is 5.76. The molecule has 10 nitrogen and oxygen atoms in total. The van der Waals surface area contributed by atoms with Crippen molar-refractivity contribution < 1.29 is 29.4 Å². The number of nitrogens with one attached hydrogen (secondary N) is 2. The number of urea groups is 1. The van der Waals surface area contributed by atoms with Crippen molar-refractivity contribution in [1.82, 2.24) is 20.4 Å². The summed E-state index contributed by atoms with van der Waals surface area (Å²) in [4.78, 5) is 53.1. The molecule has 0 radical (unpaired) electrons. The highest BCUT2D eigenvalue weighted by Crippen LogP contribution is 2.24. The van der Waals surface area contributed by atoms with Crippen LogP contribution in [0.3, 0.4) is 0 Å². The van der Waals surface area contributed by atoms with Crippen LogP contribution in [-0.2, 0) is 20.8 Å². The molecule has 1 unspecified atom stereocenters. The van der Waals surface area contributed by atoms with Gasteiger partial charge in [0.15, 0.2) is 6.10 Å². The van der Waals surface area contributed by atoms with Crippen LogP contribution in [0.4, 0.5) is 4.79 Å². The number of hydrogen-bond donors (Lipinski definition) is 4. The van der Waals surface area contributed by atoms with Crippen LogP contribution in [-0.4, -0.2) is 93.3 Å². The van der Waals surface area contributed by atoms with E-state index in [9.17, 15) is 29.4 Å². The second-order valence-corrected chi connectivity index (χ2v) is 9.60. The minimum Gasteiger partial charge on any atom is -0.479 e. The first-order valence-electron chi connectivity index (χ1n) is 11.2. The predicted octanol–water partition coefficient (Wildman–Crippen LogP) is 0.747. The van der Waals surface area contributed by atoms with Gasteiger partial charge in [0.2, 0.25) is 11.8 Å². The zero-order valence-electron chi connectivity index (χ0n) is 19.9. The van der Waals surface area contributed by atoms with Gasteiger partial charge in [-0.25, -0.2) is 9.59 Å². The fourth-order valence-electron chi connectivity index (χ4n) is 3.52. The highest BCUT2D eigenvalue weighted by molar-refractivity contribution is 7.99. The molecule has 0 aliphatic carbocycles. The molecule has 1 aromatic carbocycles. The molecular weight excluding hydrogens is 460 g/mol. The Morgan fingerprint density at radius 2 is 1.82 bits per heavy atom. The summed E-state index contributed by atoms with van der Waals surface area (Å²) in [7, 11) is 1.62. The van der Waals surface area contributed by atoms with Crippen LogP contribution in [0, 0.1) is 5.92 Å². The maximum absolute atomic E-state index is 13.3. The van der Waals surface area contributed by atoms with Crippen molar-refractivity contribution in [1.29, 1.82) is 0 Å². The number of aliphatic carboxylic acids is 1. The SMILES string of the molecule is CCN(C)C(=O)N[C@H](C(=O)N1CSC[C@H]1C(=O)N[C@@H](Cc1ccccc1)C(O)C(=O)O)C(C)C. The van der Waals surface area contributed by atoms with Gasteiger partial charge in [-0.15, -0.1) is 11.8 Å². The maximum atomic E-state index is 13.3. The standard InChI is InChI=1S/C23H34N4O6S/c1-5-26(4)23(33)25-18(14(2)3)21(30)27-13-34-12-17(27)20(29)24-16(19(28)22(31)32)11-15-9-7-6-8-10-15/h6-10,14,16-19,28H,5,11-13H2,1-4H3,(H,24,29)(H,25,33)(H,31,32)/t16-,17-,18-,19?/m0/s1. The van der Waals surface area contributed by atoms with E-state index in [1.807, 2.05) is 26.8 Å². The van der Waals surface area contributed by atoms with Gasteiger partial charge in [0.05, 0.1) is 11.9 Å². The monoisotopic (exact) mass is 494 g/mol. The van der Waals surface area contributed by atoms with Crippen molar-refractivity contribution in [3.8, 4) is 0 Å². The first kappa shape index (κ1) is 27.5. The number of aliphatic hydroxyl groups excluding tert-OH is 1. The van der Waals surface area contributed by atoms with Crippen molar-refractivity contribution in [3.05, 3.63) is 35.9 Å². The Hall–Kier alpha value is -2.79. The number of benzene rings is 1. The van der Waals surface area contributed by atoms with Crippen molar-refractivity contribution in [3.63, 3.8) is 0 Å². The number of carboxylic acid groups (broad SMARTS) is 1. The van der Waals surface area contributed by atoms with Crippen LogP contribution < -0.4 is 10.6 Å². The lowest BCUT2D eigenvalue weighted by molar-refractivity contribution is -0.149. The lowest BCUT2D eigenvalue weighted by Gasteiger charge is -2.32. The smallest absolute Gasteiger partial charge is 0.334 e. The van der Waals surface area contributed by atoms with E-state index < -0.39 is 36.1 Å². The number of carbonyl (C=O) groups is 4. The normalized spacial score (nSPS) is 18.2. The molecule has 4 N–H and O–H groups in total. The molecule has 1 aliphatic heterocycles. The van der Waals surface area contributed by atoms with Gasteiger partial charge in [-0.05, 0) is 24.8 Å². The summed E-state index contributed by atoms with van der Waals surface area (Å²) in [5.41, 5.74) is 0.754. The van der Waals surface area contributed by atoms with E-state index >= 15 is 0 Å². The molecule has 1 aliphatic rings. The number of rotatable bonds is 10. The van der Waals surface area contributed by atoms with Crippen LogP contribution in [0.2, 0.25) is 0 Å². The first-order chi connectivity index (χ1) is 16.1. The van der Waals surface area contributed by atoms with E-state index in [1.54, 1.807) is 31.3 Å². The Labute approximate surface area is 204 Å². The van der Waals surface area contributed by atoms with E-state index in [-0.39, 0.29) is 30.2 Å². The van der Waals surface area contributed by atoms with Crippen molar-refractivity contribution in [2.24, 2.45) is 5.92 Å². The average molecular weight is 495 g/mol. The summed E-state index contributed by atoms with van der Waals surface area (Å²) in [5.74, 6) is -1.99. The van der Waals surface area contributed by atoms with E-state index in [2.05, 4.69) is 10.6 Å². The van der Waals surface area contributed by atoms with Gasteiger partial charge < -0.3 is 30.6 Å². The van der Waals surface area contributed by atoms with Crippen molar-refractivity contribution in [2.75, 3.05) is 25.2 Å². The Morgan fingerprint density at radius 1 is 1.18 bits per heavy atom. The summed E-state index contributed by atoms with van der Waals surface area (Å²) < 4.78 is 0. The summed E-state index contributed by atoms with van der Waals surface area (Å²) in [5, 5.41) is 24.9. The lowest BCUT2D eigenvalue weighted by Crippen LogP contribution is -2.59. The number of carboxylic acids is 1. The molecule has 1 heterocycles. The van der Waals surface area contributed by atoms with E-state index in [1.165, 1.54) is 21.6 Å². The van der Waals surface area contributed by atoms with Gasteiger partial charge in [-0.2, -0.15) is 0 Å². The van der Waals surface area contributed by atoms with Crippen molar-refractivity contribution in [2.45, 2.75) is 51.4 Å². The third kappa shape index (κ3) is 7.10. The predicted molar refractivity (Wildman–Crippen MR) is 129 cm³/mol. The number of nitrogens with zero attached hydrogens (tertiary/aromatic N) is 2. The largest absolute Gasteiger partial charge is 0.479 e. The van der Waals surface area contributed by atoms with E-state index in [0.717, 1.165) is 5.56 Å². The number of aliphatic hydroxyl groups is 1. The van der Waals surface area contributed by atoms with Gasteiger partial charge in [-0.1, -0.05) is 44.2 Å². The molecule has 34 heavy (non-hydrogen) atoms. The third-order valence-corrected chi connectivity index (χ3v) is 6.77. The number of carbonyl (C=O) groups excluding carboxylic acids is 3. The second kappa shape index (κ2) is 12.6. The maximum Gasteiger partial charge on any atom is 0.334 e. The fraction of sp³-hybridized carbons (Fsp3) is 0.565. The number of thioether (sulfide) groups is 1. The molecule has 4 atom stereocenters. The van der Waals surface area contributed by atoms with Crippen LogP contribution in [0.25, 0.3) is 0 Å². The molecule has 2 rings (SSSR count). The quantitative estimate of drug-likeness (QED) is 0.376. The Kier molecular flexibility index (Phi) is 10.2. The first-order valence-corrected chi connectivity index (χ1v) is 12.4. The van der Waals surface area contributed by atoms with Gasteiger partial charge in [0.25, 0.3) is 0 Å².